The largest absolute Gasteiger partial charge is 0.455 e. The molecule has 13 rings (SSSR count). The zero-order chi connectivity index (χ0) is 40.4. The third kappa shape index (κ3) is 4.97. The van der Waals surface area contributed by atoms with Gasteiger partial charge in [0.25, 0.3) is 0 Å². The number of rotatable bonds is 5. The van der Waals surface area contributed by atoms with Crippen LogP contribution in [0.5, 0.6) is 0 Å². The molecule has 0 aliphatic heterocycles. The Kier molecular flexibility index (Phi) is 7.23. The van der Waals surface area contributed by atoms with Gasteiger partial charge in [-0.3, -0.25) is 0 Å². The number of anilines is 3. The summed E-state index contributed by atoms with van der Waals surface area (Å²) in [5.74, 6) is 0. The van der Waals surface area contributed by atoms with Gasteiger partial charge >= 0.3 is 0 Å². The smallest absolute Gasteiger partial charge is 0.143 e. The average molecular weight is 800 g/mol. The molecular weight excluding hydrogens is 763 g/mol. The summed E-state index contributed by atoms with van der Waals surface area (Å²) < 4.78 is 15.6. The van der Waals surface area contributed by atoms with E-state index in [9.17, 15) is 0 Å². The van der Waals surface area contributed by atoms with Crippen molar-refractivity contribution in [1.29, 1.82) is 0 Å². The number of thiophene rings is 1. The minimum Gasteiger partial charge on any atom is -0.455 e. The van der Waals surface area contributed by atoms with Crippen LogP contribution in [0.4, 0.5) is 17.1 Å². The van der Waals surface area contributed by atoms with Crippen molar-refractivity contribution in [2.45, 2.75) is 19.3 Å². The van der Waals surface area contributed by atoms with Gasteiger partial charge in [0.15, 0.2) is 0 Å². The fraction of sp³-hybridized carbons (Fsp3) is 0.0526. The second-order valence-corrected chi connectivity index (χ2v) is 17.8. The van der Waals surface area contributed by atoms with Crippen molar-refractivity contribution >= 4 is 92.4 Å². The van der Waals surface area contributed by atoms with Gasteiger partial charge in [-0.25, -0.2) is 0 Å². The third-order valence-corrected chi connectivity index (χ3v) is 14.4. The zero-order valence-electron chi connectivity index (χ0n) is 33.6. The summed E-state index contributed by atoms with van der Waals surface area (Å²) >= 11 is 1.92. The number of fused-ring (bicyclic) bond motifs is 13. The van der Waals surface area contributed by atoms with Crippen molar-refractivity contribution in [3.63, 3.8) is 0 Å². The number of nitrogens with zero attached hydrogens (tertiary/aromatic N) is 1. The van der Waals surface area contributed by atoms with E-state index in [1.807, 2.05) is 35.6 Å². The molecule has 0 fully saturated rings. The molecule has 288 valence electrons. The summed E-state index contributed by atoms with van der Waals surface area (Å²) in [5.41, 5.74) is 16.8. The van der Waals surface area contributed by atoms with Gasteiger partial charge in [-0.1, -0.05) is 159 Å². The van der Waals surface area contributed by atoms with Gasteiger partial charge in [-0.05, 0) is 70.3 Å². The Hall–Kier alpha value is -7.40. The Morgan fingerprint density at radius 1 is 0.393 bits per heavy atom. The topological polar surface area (TPSA) is 29.5 Å². The van der Waals surface area contributed by atoms with Crippen LogP contribution in [-0.4, -0.2) is 0 Å². The van der Waals surface area contributed by atoms with E-state index in [0.717, 1.165) is 83.2 Å². The molecule has 0 radical (unpaired) electrons. The first-order chi connectivity index (χ1) is 30.0. The Balaban J connectivity index is 0.990. The first-order valence-corrected chi connectivity index (χ1v) is 21.7. The molecule has 3 aromatic heterocycles. The van der Waals surface area contributed by atoms with Gasteiger partial charge in [0.05, 0.1) is 10.4 Å². The van der Waals surface area contributed by atoms with E-state index in [2.05, 4.69) is 183 Å². The second kappa shape index (κ2) is 12.8. The van der Waals surface area contributed by atoms with Gasteiger partial charge < -0.3 is 13.7 Å². The Bertz CT molecular complexity index is 3580. The molecule has 0 atom stereocenters. The molecule has 0 bridgehead atoms. The maximum absolute atomic E-state index is 6.47. The molecule has 12 aromatic rings. The first kappa shape index (κ1) is 34.5. The van der Waals surface area contributed by atoms with E-state index in [4.69, 9.17) is 8.83 Å². The standard InChI is InChI=1S/C57H37NO2S/c1-57(2)47-20-6-3-14-46(47)52-48(57)33-32-45-44-19-11-21-49(55(44)61-56(45)52)58(36-28-24-34(25-29-36)38-15-9-17-42-40-12-4-7-22-50(40)59-53(38)42)37-30-26-35(27-31-37)39-16-10-18-43-41-13-5-8-23-51(41)60-54(39)43/h3-33H,1-2H3. The number of para-hydroxylation sites is 4. The molecular formula is C57H37NO2S. The maximum atomic E-state index is 6.47. The predicted molar refractivity (Wildman–Crippen MR) is 257 cm³/mol. The van der Waals surface area contributed by atoms with Gasteiger partial charge in [0.1, 0.15) is 22.3 Å². The third-order valence-electron chi connectivity index (χ3n) is 13.1. The molecule has 3 heterocycles. The van der Waals surface area contributed by atoms with E-state index in [1.54, 1.807) is 0 Å². The van der Waals surface area contributed by atoms with Crippen LogP contribution in [0.3, 0.4) is 0 Å². The quantitative estimate of drug-likeness (QED) is 0.174. The van der Waals surface area contributed by atoms with Gasteiger partial charge in [-0.2, -0.15) is 0 Å². The van der Waals surface area contributed by atoms with Crippen molar-refractivity contribution in [2.75, 3.05) is 4.90 Å². The number of furan rings is 2. The van der Waals surface area contributed by atoms with E-state index in [-0.39, 0.29) is 5.41 Å². The average Bonchev–Trinajstić information content (AvgIpc) is 4.06. The fourth-order valence-electron chi connectivity index (χ4n) is 10.2. The molecule has 0 saturated carbocycles. The van der Waals surface area contributed by atoms with E-state index >= 15 is 0 Å². The van der Waals surface area contributed by atoms with Crippen LogP contribution in [0.1, 0.15) is 25.0 Å². The van der Waals surface area contributed by atoms with Crippen LogP contribution in [-0.2, 0) is 5.41 Å². The van der Waals surface area contributed by atoms with Gasteiger partial charge in [-0.15, -0.1) is 11.3 Å². The predicted octanol–water partition coefficient (Wildman–Crippen LogP) is 17.0. The minimum atomic E-state index is -0.0615. The van der Waals surface area contributed by atoms with Crippen LogP contribution in [0.25, 0.3) is 97.4 Å². The Morgan fingerprint density at radius 2 is 0.885 bits per heavy atom. The Morgan fingerprint density at radius 3 is 1.51 bits per heavy atom. The summed E-state index contributed by atoms with van der Waals surface area (Å²) in [7, 11) is 0. The molecule has 1 aliphatic carbocycles. The summed E-state index contributed by atoms with van der Waals surface area (Å²) in [6.07, 6.45) is 0. The summed E-state index contributed by atoms with van der Waals surface area (Å²) in [4.78, 5) is 2.42. The zero-order valence-corrected chi connectivity index (χ0v) is 34.4. The lowest BCUT2D eigenvalue weighted by Crippen LogP contribution is -2.14. The number of hydrogen-bond acceptors (Lipinski definition) is 4. The monoisotopic (exact) mass is 799 g/mol. The lowest BCUT2D eigenvalue weighted by atomic mass is 9.82. The van der Waals surface area contributed by atoms with Crippen LogP contribution < -0.4 is 4.90 Å². The lowest BCUT2D eigenvalue weighted by Gasteiger charge is -2.26. The molecule has 0 unspecified atom stereocenters. The molecule has 0 saturated heterocycles. The summed E-state index contributed by atoms with van der Waals surface area (Å²) in [6, 6.07) is 67.9. The van der Waals surface area contributed by atoms with Crippen molar-refractivity contribution in [2.24, 2.45) is 0 Å². The number of benzene rings is 9. The molecule has 9 aromatic carbocycles. The molecule has 0 N–H and O–H groups in total. The molecule has 3 nitrogen and oxygen atoms in total. The number of hydrogen-bond donors (Lipinski definition) is 0. The maximum Gasteiger partial charge on any atom is 0.143 e. The van der Waals surface area contributed by atoms with Crippen LogP contribution in [0.15, 0.2) is 197 Å². The van der Waals surface area contributed by atoms with E-state index in [1.165, 1.54) is 42.4 Å². The highest BCUT2D eigenvalue weighted by molar-refractivity contribution is 7.27. The van der Waals surface area contributed by atoms with Crippen LogP contribution in [0, 0.1) is 0 Å². The van der Waals surface area contributed by atoms with Crippen LogP contribution in [0.2, 0.25) is 0 Å². The molecule has 1 aliphatic rings. The highest BCUT2D eigenvalue weighted by Gasteiger charge is 2.37. The van der Waals surface area contributed by atoms with Gasteiger partial charge in [0, 0.05) is 70.5 Å². The molecule has 0 amide bonds. The van der Waals surface area contributed by atoms with Crippen molar-refractivity contribution in [1.82, 2.24) is 0 Å². The second-order valence-electron chi connectivity index (χ2n) is 16.8. The molecule has 0 spiro atoms. The fourth-order valence-corrected chi connectivity index (χ4v) is 11.5. The highest BCUT2D eigenvalue weighted by atomic mass is 32.1. The van der Waals surface area contributed by atoms with Crippen molar-refractivity contribution < 1.29 is 8.83 Å². The van der Waals surface area contributed by atoms with Crippen molar-refractivity contribution in [3.8, 4) is 33.4 Å². The van der Waals surface area contributed by atoms with E-state index < -0.39 is 0 Å². The first-order valence-electron chi connectivity index (χ1n) is 20.9. The van der Waals surface area contributed by atoms with Crippen molar-refractivity contribution in [3.05, 3.63) is 199 Å². The summed E-state index contributed by atoms with van der Waals surface area (Å²) in [6.45, 7) is 4.72. The molecule has 4 heteroatoms. The van der Waals surface area contributed by atoms with Gasteiger partial charge in [0.2, 0.25) is 0 Å². The highest BCUT2D eigenvalue weighted by Crippen LogP contribution is 2.55. The van der Waals surface area contributed by atoms with Crippen LogP contribution >= 0.6 is 11.3 Å². The van der Waals surface area contributed by atoms with E-state index in [0.29, 0.717) is 0 Å². The minimum absolute atomic E-state index is 0.0615. The molecule has 61 heavy (non-hydrogen) atoms. The normalized spacial score (nSPS) is 13.2. The SMILES string of the molecule is CC1(C)c2ccccc2-c2c1ccc1c2sc2c(N(c3ccc(-c4cccc5c4oc4ccccc45)cc3)c3ccc(-c4cccc5c4oc4ccccc45)cc3)cccc21. The summed E-state index contributed by atoms with van der Waals surface area (Å²) in [5, 5.41) is 7.11. The lowest BCUT2D eigenvalue weighted by molar-refractivity contribution is 0.661. The Labute approximate surface area is 356 Å².